The number of hydrogen-bond acceptors (Lipinski definition) is 4. The first-order valence-corrected chi connectivity index (χ1v) is 8.05. The second-order valence-electron chi connectivity index (χ2n) is 6.35. The minimum Gasteiger partial charge on any atom is -0.454 e. The SMILES string of the molecule is CC1CCN(C(C)CNC(=O)c2ccc3c(c2)OCO3)CC1. The van der Waals surface area contributed by atoms with Gasteiger partial charge in [-0.1, -0.05) is 6.92 Å². The number of rotatable bonds is 4. The first-order valence-electron chi connectivity index (χ1n) is 8.05. The van der Waals surface area contributed by atoms with Gasteiger partial charge >= 0.3 is 0 Å². The van der Waals surface area contributed by atoms with Gasteiger partial charge in [-0.2, -0.15) is 0 Å². The molecule has 22 heavy (non-hydrogen) atoms. The van der Waals surface area contributed by atoms with Crippen molar-refractivity contribution in [3.8, 4) is 11.5 Å². The summed E-state index contributed by atoms with van der Waals surface area (Å²) in [6.07, 6.45) is 2.50. The molecule has 2 aliphatic rings. The summed E-state index contributed by atoms with van der Waals surface area (Å²) in [5.41, 5.74) is 0.615. The maximum atomic E-state index is 12.3. The number of fused-ring (bicyclic) bond motifs is 1. The van der Waals surface area contributed by atoms with E-state index in [1.165, 1.54) is 12.8 Å². The highest BCUT2D eigenvalue weighted by Gasteiger charge is 2.21. The molecule has 5 heteroatoms. The molecule has 0 aliphatic carbocycles. The lowest BCUT2D eigenvalue weighted by atomic mass is 9.98. The summed E-state index contributed by atoms with van der Waals surface area (Å²) in [4.78, 5) is 14.7. The van der Waals surface area contributed by atoms with Crippen LogP contribution in [0.15, 0.2) is 18.2 Å². The highest BCUT2D eigenvalue weighted by molar-refractivity contribution is 5.94. The van der Waals surface area contributed by atoms with Gasteiger partial charge in [0.25, 0.3) is 5.91 Å². The average Bonchev–Trinajstić information content (AvgIpc) is 3.00. The zero-order valence-corrected chi connectivity index (χ0v) is 13.3. The molecular formula is C17H24N2O3. The van der Waals surface area contributed by atoms with Crippen molar-refractivity contribution < 1.29 is 14.3 Å². The summed E-state index contributed by atoms with van der Waals surface area (Å²) >= 11 is 0. The maximum absolute atomic E-state index is 12.3. The van der Waals surface area contributed by atoms with Crippen LogP contribution in [0.25, 0.3) is 0 Å². The van der Waals surface area contributed by atoms with Crippen LogP contribution in [0.5, 0.6) is 11.5 Å². The minimum absolute atomic E-state index is 0.0597. The van der Waals surface area contributed by atoms with Gasteiger partial charge in [-0.15, -0.1) is 0 Å². The van der Waals surface area contributed by atoms with Crippen LogP contribution in [0.4, 0.5) is 0 Å². The van der Waals surface area contributed by atoms with Crippen LogP contribution in [0.2, 0.25) is 0 Å². The molecule has 1 atom stereocenters. The van der Waals surface area contributed by atoms with Gasteiger partial charge in [0.2, 0.25) is 6.79 Å². The molecule has 1 N–H and O–H groups in total. The molecule has 2 aliphatic heterocycles. The second kappa shape index (κ2) is 6.57. The Labute approximate surface area is 131 Å². The Morgan fingerprint density at radius 3 is 2.82 bits per heavy atom. The number of amides is 1. The highest BCUT2D eigenvalue weighted by Crippen LogP contribution is 2.32. The predicted molar refractivity (Wildman–Crippen MR) is 84.3 cm³/mol. The van der Waals surface area contributed by atoms with Gasteiger partial charge in [-0.3, -0.25) is 9.69 Å². The zero-order valence-electron chi connectivity index (χ0n) is 13.3. The fraction of sp³-hybridized carbons (Fsp3) is 0.588. The van der Waals surface area contributed by atoms with E-state index in [1.54, 1.807) is 18.2 Å². The number of likely N-dealkylation sites (tertiary alicyclic amines) is 1. The van der Waals surface area contributed by atoms with Crippen LogP contribution in [0.1, 0.15) is 37.0 Å². The van der Waals surface area contributed by atoms with E-state index >= 15 is 0 Å². The molecule has 0 saturated carbocycles. The fourth-order valence-corrected chi connectivity index (χ4v) is 2.98. The van der Waals surface area contributed by atoms with E-state index in [9.17, 15) is 4.79 Å². The minimum atomic E-state index is -0.0597. The molecule has 1 amide bonds. The Morgan fingerprint density at radius 1 is 1.32 bits per heavy atom. The molecule has 0 spiro atoms. The first-order chi connectivity index (χ1) is 10.6. The molecule has 1 fully saturated rings. The zero-order chi connectivity index (χ0) is 15.5. The summed E-state index contributed by atoms with van der Waals surface area (Å²) in [5, 5.41) is 3.02. The van der Waals surface area contributed by atoms with Gasteiger partial charge in [0.1, 0.15) is 0 Å². The second-order valence-corrected chi connectivity index (χ2v) is 6.35. The normalized spacial score (nSPS) is 19.9. The van der Waals surface area contributed by atoms with E-state index in [-0.39, 0.29) is 12.7 Å². The lowest BCUT2D eigenvalue weighted by Gasteiger charge is -2.35. The van der Waals surface area contributed by atoms with Crippen LogP contribution in [0, 0.1) is 5.92 Å². The third-order valence-corrected chi connectivity index (χ3v) is 4.63. The summed E-state index contributed by atoms with van der Waals surface area (Å²) in [6, 6.07) is 5.67. The highest BCUT2D eigenvalue weighted by atomic mass is 16.7. The number of ether oxygens (including phenoxy) is 2. The molecule has 1 unspecified atom stereocenters. The van der Waals surface area contributed by atoms with E-state index in [4.69, 9.17) is 9.47 Å². The van der Waals surface area contributed by atoms with Crippen LogP contribution in [-0.2, 0) is 0 Å². The third kappa shape index (κ3) is 3.35. The van der Waals surface area contributed by atoms with E-state index in [0.29, 0.717) is 29.6 Å². The van der Waals surface area contributed by atoms with Crippen molar-refractivity contribution in [3.05, 3.63) is 23.8 Å². The van der Waals surface area contributed by atoms with Crippen molar-refractivity contribution >= 4 is 5.91 Å². The molecule has 1 aromatic carbocycles. The van der Waals surface area contributed by atoms with Crippen molar-refractivity contribution in [2.45, 2.75) is 32.7 Å². The quantitative estimate of drug-likeness (QED) is 0.927. The van der Waals surface area contributed by atoms with Gasteiger partial charge in [0, 0.05) is 18.2 Å². The molecule has 0 aromatic heterocycles. The summed E-state index contributed by atoms with van der Waals surface area (Å²) in [7, 11) is 0. The molecule has 1 saturated heterocycles. The Kier molecular flexibility index (Phi) is 4.52. The molecule has 3 rings (SSSR count). The predicted octanol–water partition coefficient (Wildman–Crippen LogP) is 2.27. The summed E-state index contributed by atoms with van der Waals surface area (Å²) in [6.45, 7) is 7.64. The van der Waals surface area contributed by atoms with E-state index in [2.05, 4.69) is 24.1 Å². The Morgan fingerprint density at radius 2 is 2.05 bits per heavy atom. The standard InChI is InChI=1S/C17H24N2O3/c1-12-5-7-19(8-6-12)13(2)10-18-17(20)14-3-4-15-16(9-14)22-11-21-15/h3-4,9,12-13H,5-8,10-11H2,1-2H3,(H,18,20). The van der Waals surface area contributed by atoms with Gasteiger partial charge in [0.15, 0.2) is 11.5 Å². The van der Waals surface area contributed by atoms with Crippen molar-refractivity contribution in [2.75, 3.05) is 26.4 Å². The smallest absolute Gasteiger partial charge is 0.251 e. The van der Waals surface area contributed by atoms with Gasteiger partial charge in [-0.25, -0.2) is 0 Å². The van der Waals surface area contributed by atoms with E-state index < -0.39 is 0 Å². The lowest BCUT2D eigenvalue weighted by Crippen LogP contribution is -2.45. The molecule has 120 valence electrons. The van der Waals surface area contributed by atoms with Crippen LogP contribution in [0.3, 0.4) is 0 Å². The topological polar surface area (TPSA) is 50.8 Å². The molecule has 0 bridgehead atoms. The van der Waals surface area contributed by atoms with Crippen molar-refractivity contribution in [2.24, 2.45) is 5.92 Å². The number of piperidine rings is 1. The van der Waals surface area contributed by atoms with Gasteiger partial charge < -0.3 is 14.8 Å². The monoisotopic (exact) mass is 304 g/mol. The van der Waals surface area contributed by atoms with Crippen LogP contribution in [-0.4, -0.2) is 43.3 Å². The molecule has 5 nitrogen and oxygen atoms in total. The fourth-order valence-electron chi connectivity index (χ4n) is 2.98. The Bertz CT molecular complexity index is 539. The van der Waals surface area contributed by atoms with Crippen LogP contribution < -0.4 is 14.8 Å². The summed E-state index contributed by atoms with van der Waals surface area (Å²) < 4.78 is 10.6. The van der Waals surface area contributed by atoms with Crippen molar-refractivity contribution in [3.63, 3.8) is 0 Å². The molecule has 1 aromatic rings. The van der Waals surface area contributed by atoms with Gasteiger partial charge in [-0.05, 0) is 57.0 Å². The molecule has 0 radical (unpaired) electrons. The number of carbonyl (C=O) groups excluding carboxylic acids is 1. The molecular weight excluding hydrogens is 280 g/mol. The van der Waals surface area contributed by atoms with E-state index in [0.717, 1.165) is 19.0 Å². The van der Waals surface area contributed by atoms with E-state index in [1.807, 2.05) is 0 Å². The third-order valence-electron chi connectivity index (χ3n) is 4.63. The number of hydrogen-bond donors (Lipinski definition) is 1. The van der Waals surface area contributed by atoms with Gasteiger partial charge in [0.05, 0.1) is 0 Å². The Hall–Kier alpha value is -1.75. The number of carbonyl (C=O) groups is 1. The first kappa shape index (κ1) is 15.2. The van der Waals surface area contributed by atoms with Crippen LogP contribution >= 0.6 is 0 Å². The largest absolute Gasteiger partial charge is 0.454 e. The number of nitrogens with one attached hydrogen (secondary N) is 1. The number of benzene rings is 1. The Balaban J connectivity index is 1.51. The number of nitrogens with zero attached hydrogens (tertiary/aromatic N) is 1. The summed E-state index contributed by atoms with van der Waals surface area (Å²) in [5.74, 6) is 2.11. The van der Waals surface area contributed by atoms with Crippen molar-refractivity contribution in [1.82, 2.24) is 10.2 Å². The maximum Gasteiger partial charge on any atom is 0.251 e. The average molecular weight is 304 g/mol. The van der Waals surface area contributed by atoms with Crippen molar-refractivity contribution in [1.29, 1.82) is 0 Å². The lowest BCUT2D eigenvalue weighted by molar-refractivity contribution is 0.0921. The molecule has 2 heterocycles.